The zero-order valence-corrected chi connectivity index (χ0v) is 13.4. The molecule has 0 aliphatic carbocycles. The van der Waals surface area contributed by atoms with Gasteiger partial charge in [0.15, 0.2) is 6.29 Å². The lowest BCUT2D eigenvalue weighted by Gasteiger charge is -2.36. The first-order chi connectivity index (χ1) is 10.8. The Labute approximate surface area is 132 Å². The van der Waals surface area contributed by atoms with Gasteiger partial charge in [-0.2, -0.15) is 0 Å². The van der Waals surface area contributed by atoms with Crippen LogP contribution in [0.4, 0.5) is 5.82 Å². The van der Waals surface area contributed by atoms with Crippen LogP contribution < -0.4 is 4.90 Å². The first-order valence-electron chi connectivity index (χ1n) is 8.36. The van der Waals surface area contributed by atoms with Gasteiger partial charge in [-0.25, -0.2) is 9.97 Å². The Morgan fingerprint density at radius 1 is 1.14 bits per heavy atom. The zero-order chi connectivity index (χ0) is 15.2. The van der Waals surface area contributed by atoms with Gasteiger partial charge in [0, 0.05) is 50.9 Å². The topological polar surface area (TPSA) is 50.7 Å². The number of aromatic nitrogens is 2. The molecule has 2 saturated heterocycles. The average Bonchev–Trinajstić information content (AvgIpc) is 2.61. The smallest absolute Gasteiger partial charge is 0.158 e. The minimum atomic E-state index is 0.000700. The summed E-state index contributed by atoms with van der Waals surface area (Å²) in [5.74, 6) is 1.06. The highest BCUT2D eigenvalue weighted by Crippen LogP contribution is 2.15. The maximum atomic E-state index is 5.61. The molecule has 0 radical (unpaired) electrons. The summed E-state index contributed by atoms with van der Waals surface area (Å²) in [5, 5.41) is 0. The van der Waals surface area contributed by atoms with Gasteiger partial charge >= 0.3 is 0 Å². The predicted molar refractivity (Wildman–Crippen MR) is 85.0 cm³/mol. The van der Waals surface area contributed by atoms with Crippen LogP contribution in [0.1, 0.15) is 25.5 Å². The Balaban J connectivity index is 1.43. The molecule has 0 aromatic carbocycles. The van der Waals surface area contributed by atoms with E-state index in [1.807, 2.05) is 0 Å². The van der Waals surface area contributed by atoms with Gasteiger partial charge in [0.2, 0.25) is 0 Å². The second-order valence-corrected chi connectivity index (χ2v) is 5.86. The summed E-state index contributed by atoms with van der Waals surface area (Å²) in [6.45, 7) is 9.02. The molecule has 2 aliphatic heterocycles. The summed E-state index contributed by atoms with van der Waals surface area (Å²) >= 11 is 0. The van der Waals surface area contributed by atoms with Crippen LogP contribution >= 0.6 is 0 Å². The summed E-state index contributed by atoms with van der Waals surface area (Å²) in [4.78, 5) is 13.5. The molecule has 0 atom stereocenters. The Morgan fingerprint density at radius 3 is 2.64 bits per heavy atom. The molecular formula is C16H26N4O2. The van der Waals surface area contributed by atoms with Crippen LogP contribution in [0.25, 0.3) is 0 Å². The Bertz CT molecular complexity index is 457. The normalized spacial score (nSPS) is 21.2. The quantitative estimate of drug-likeness (QED) is 0.818. The number of nitrogens with zero attached hydrogens (tertiary/aromatic N) is 4. The second-order valence-electron chi connectivity index (χ2n) is 5.86. The van der Waals surface area contributed by atoms with Crippen molar-refractivity contribution >= 4 is 5.82 Å². The fourth-order valence-corrected chi connectivity index (χ4v) is 2.94. The Morgan fingerprint density at radius 2 is 1.91 bits per heavy atom. The number of anilines is 1. The van der Waals surface area contributed by atoms with E-state index >= 15 is 0 Å². The van der Waals surface area contributed by atoms with Crippen molar-refractivity contribution in [1.82, 2.24) is 14.9 Å². The molecule has 3 rings (SSSR count). The van der Waals surface area contributed by atoms with Crippen LogP contribution in [0, 0.1) is 0 Å². The molecule has 0 unspecified atom stereocenters. The first kappa shape index (κ1) is 15.6. The molecule has 1 aromatic heterocycles. The van der Waals surface area contributed by atoms with Crippen molar-refractivity contribution in [3.05, 3.63) is 18.1 Å². The van der Waals surface area contributed by atoms with Gasteiger partial charge in [-0.1, -0.05) is 6.92 Å². The highest BCUT2D eigenvalue weighted by Gasteiger charge is 2.20. The van der Waals surface area contributed by atoms with Crippen LogP contribution in [-0.2, 0) is 15.9 Å². The van der Waals surface area contributed by atoms with E-state index in [9.17, 15) is 0 Å². The van der Waals surface area contributed by atoms with Crippen molar-refractivity contribution in [2.24, 2.45) is 0 Å². The fourth-order valence-electron chi connectivity index (χ4n) is 2.94. The molecule has 0 bridgehead atoms. The molecule has 1 aromatic rings. The number of piperazine rings is 1. The molecule has 0 saturated carbocycles. The van der Waals surface area contributed by atoms with Crippen LogP contribution in [0.15, 0.2) is 12.4 Å². The maximum Gasteiger partial charge on any atom is 0.158 e. The first-order valence-corrected chi connectivity index (χ1v) is 8.36. The molecule has 6 heteroatoms. The van der Waals surface area contributed by atoms with E-state index in [4.69, 9.17) is 9.47 Å². The monoisotopic (exact) mass is 306 g/mol. The maximum absolute atomic E-state index is 5.61. The predicted octanol–water partition coefficient (Wildman–Crippen LogP) is 1.31. The number of rotatable bonds is 5. The van der Waals surface area contributed by atoms with Gasteiger partial charge in [-0.15, -0.1) is 0 Å². The highest BCUT2D eigenvalue weighted by atomic mass is 16.7. The lowest BCUT2D eigenvalue weighted by molar-refractivity contribution is -0.182. The molecule has 2 aliphatic rings. The number of hydrogen-bond acceptors (Lipinski definition) is 6. The highest BCUT2D eigenvalue weighted by molar-refractivity contribution is 5.39. The van der Waals surface area contributed by atoms with Crippen LogP contribution in [0.3, 0.4) is 0 Å². The zero-order valence-electron chi connectivity index (χ0n) is 13.4. The van der Waals surface area contributed by atoms with Crippen molar-refractivity contribution < 1.29 is 9.47 Å². The van der Waals surface area contributed by atoms with Crippen LogP contribution in [0.2, 0.25) is 0 Å². The third kappa shape index (κ3) is 4.15. The molecule has 0 amide bonds. The van der Waals surface area contributed by atoms with E-state index in [0.717, 1.165) is 76.7 Å². The minimum Gasteiger partial charge on any atom is -0.354 e. The average molecular weight is 306 g/mol. The Kier molecular flexibility index (Phi) is 5.58. The number of ether oxygens (including phenoxy) is 2. The molecular weight excluding hydrogens is 280 g/mol. The van der Waals surface area contributed by atoms with Crippen molar-refractivity contribution in [3.8, 4) is 0 Å². The summed E-state index contributed by atoms with van der Waals surface area (Å²) < 4.78 is 11.2. The largest absolute Gasteiger partial charge is 0.354 e. The lowest BCUT2D eigenvalue weighted by atomic mass is 10.2. The van der Waals surface area contributed by atoms with E-state index in [-0.39, 0.29) is 6.29 Å². The van der Waals surface area contributed by atoms with Gasteiger partial charge in [-0.05, 0) is 12.8 Å². The van der Waals surface area contributed by atoms with E-state index in [2.05, 4.69) is 32.8 Å². The van der Waals surface area contributed by atoms with Crippen molar-refractivity contribution in [2.75, 3.05) is 50.8 Å². The van der Waals surface area contributed by atoms with Crippen LogP contribution in [0.5, 0.6) is 0 Å². The van der Waals surface area contributed by atoms with E-state index < -0.39 is 0 Å². The van der Waals surface area contributed by atoms with E-state index in [1.165, 1.54) is 0 Å². The van der Waals surface area contributed by atoms with Crippen molar-refractivity contribution in [3.63, 3.8) is 0 Å². The summed E-state index contributed by atoms with van der Waals surface area (Å²) in [6, 6.07) is 2.11. The molecule has 3 heterocycles. The van der Waals surface area contributed by atoms with Gasteiger partial charge < -0.3 is 14.4 Å². The van der Waals surface area contributed by atoms with Crippen LogP contribution in [-0.4, -0.2) is 67.1 Å². The minimum absolute atomic E-state index is 0.000700. The summed E-state index contributed by atoms with van der Waals surface area (Å²) in [6.07, 6.45) is 4.62. The van der Waals surface area contributed by atoms with Gasteiger partial charge in [0.1, 0.15) is 12.1 Å². The SMILES string of the molecule is CCc1cc(N2CCN(CCC3OCCCO3)CC2)ncn1. The van der Waals surface area contributed by atoms with Crippen molar-refractivity contribution in [1.29, 1.82) is 0 Å². The van der Waals surface area contributed by atoms with E-state index in [1.54, 1.807) is 6.33 Å². The Hall–Kier alpha value is -1.24. The molecule has 0 N–H and O–H groups in total. The number of hydrogen-bond donors (Lipinski definition) is 0. The number of aryl methyl sites for hydroxylation is 1. The third-order valence-corrected chi connectivity index (χ3v) is 4.34. The molecule has 22 heavy (non-hydrogen) atoms. The summed E-state index contributed by atoms with van der Waals surface area (Å²) in [7, 11) is 0. The van der Waals surface area contributed by atoms with Gasteiger partial charge in [0.05, 0.1) is 13.2 Å². The standard InChI is InChI=1S/C16H26N4O2/c1-2-14-12-15(18-13-17-14)20-8-6-19(7-9-20)5-4-16-21-10-3-11-22-16/h12-13,16H,2-11H2,1H3. The third-order valence-electron chi connectivity index (χ3n) is 4.34. The molecule has 6 nitrogen and oxygen atoms in total. The summed E-state index contributed by atoms with van der Waals surface area (Å²) in [5.41, 5.74) is 1.11. The fraction of sp³-hybridized carbons (Fsp3) is 0.750. The second kappa shape index (κ2) is 7.85. The van der Waals surface area contributed by atoms with Gasteiger partial charge in [-0.3, -0.25) is 4.90 Å². The molecule has 2 fully saturated rings. The van der Waals surface area contributed by atoms with Gasteiger partial charge in [0.25, 0.3) is 0 Å². The van der Waals surface area contributed by atoms with E-state index in [0.29, 0.717) is 0 Å². The van der Waals surface area contributed by atoms with Crippen molar-refractivity contribution in [2.45, 2.75) is 32.5 Å². The molecule has 122 valence electrons. The lowest BCUT2D eigenvalue weighted by Crippen LogP contribution is -2.47. The molecule has 0 spiro atoms.